The van der Waals surface area contributed by atoms with Crippen LogP contribution in [0.15, 0.2) is 30.5 Å². The highest BCUT2D eigenvalue weighted by molar-refractivity contribution is 5.53. The minimum absolute atomic E-state index is 0.0755. The lowest BCUT2D eigenvalue weighted by molar-refractivity contribution is -0.138. The summed E-state index contributed by atoms with van der Waals surface area (Å²) in [7, 11) is 0. The third kappa shape index (κ3) is 4.24. The number of hydrogen-bond acceptors (Lipinski definition) is 6. The largest absolute Gasteiger partial charge is 0.416 e. The van der Waals surface area contributed by atoms with E-state index in [1.54, 1.807) is 6.07 Å². The Hall–Kier alpha value is -2.86. The zero-order valence-electron chi connectivity index (χ0n) is 18.2. The standard InChI is InChI=1S/C24H27F3N6/c25-24(26,27)19-4-2-1-3-15(19)11-30-22-31-12-18(10-28)21(33-22)32-13-23-7-14-5-16(8-23)20(29)17(6-14)9-23/h1-4,12,14,16-17,20H,5-9,11,13,29H2,(H2,30,31,32,33)/t14?,16-,17+,20?,23?. The van der Waals surface area contributed by atoms with Gasteiger partial charge in [0.25, 0.3) is 0 Å². The van der Waals surface area contributed by atoms with Crippen molar-refractivity contribution in [2.75, 3.05) is 17.2 Å². The molecule has 1 aromatic heterocycles. The number of hydrogen-bond donors (Lipinski definition) is 3. The molecule has 6 rings (SSSR count). The molecule has 5 atom stereocenters. The summed E-state index contributed by atoms with van der Waals surface area (Å²) in [6.07, 6.45) is 2.79. The van der Waals surface area contributed by atoms with E-state index in [1.165, 1.54) is 37.6 Å². The Morgan fingerprint density at radius 1 is 1.12 bits per heavy atom. The third-order valence-corrected chi connectivity index (χ3v) is 7.77. The molecule has 4 bridgehead atoms. The predicted octanol–water partition coefficient (Wildman–Crippen LogP) is 4.54. The average molecular weight is 457 g/mol. The molecule has 9 heteroatoms. The fourth-order valence-electron chi connectivity index (χ4n) is 6.53. The molecule has 0 amide bonds. The number of aromatic nitrogens is 2. The monoisotopic (exact) mass is 456 g/mol. The molecule has 4 saturated carbocycles. The van der Waals surface area contributed by atoms with Crippen molar-refractivity contribution in [3.05, 3.63) is 47.2 Å². The van der Waals surface area contributed by atoms with Crippen molar-refractivity contribution < 1.29 is 13.2 Å². The first-order valence-electron chi connectivity index (χ1n) is 11.4. The van der Waals surface area contributed by atoms with Gasteiger partial charge in [-0.1, -0.05) is 18.2 Å². The van der Waals surface area contributed by atoms with E-state index >= 15 is 0 Å². The molecular formula is C24H27F3N6. The molecule has 3 unspecified atom stereocenters. The third-order valence-electron chi connectivity index (χ3n) is 7.77. The molecule has 0 radical (unpaired) electrons. The molecule has 0 aliphatic heterocycles. The number of nitrogens with zero attached hydrogens (tertiary/aromatic N) is 3. The van der Waals surface area contributed by atoms with Crippen LogP contribution in [0.2, 0.25) is 0 Å². The second kappa shape index (κ2) is 8.17. The zero-order chi connectivity index (χ0) is 23.2. The maximum absolute atomic E-state index is 13.3. The average Bonchev–Trinajstić information content (AvgIpc) is 2.79. The fourth-order valence-corrected chi connectivity index (χ4v) is 6.53. The van der Waals surface area contributed by atoms with Crippen molar-refractivity contribution in [2.24, 2.45) is 28.9 Å². The normalized spacial score (nSPS) is 30.2. The highest BCUT2D eigenvalue weighted by atomic mass is 19.4. The molecule has 1 aromatic carbocycles. The van der Waals surface area contributed by atoms with Crippen LogP contribution >= 0.6 is 0 Å². The van der Waals surface area contributed by atoms with Gasteiger partial charge in [0, 0.05) is 19.1 Å². The van der Waals surface area contributed by atoms with Gasteiger partial charge in [-0.25, -0.2) is 4.98 Å². The summed E-state index contributed by atoms with van der Waals surface area (Å²) in [5.74, 6) is 2.48. The summed E-state index contributed by atoms with van der Waals surface area (Å²) < 4.78 is 39.8. The van der Waals surface area contributed by atoms with Gasteiger partial charge >= 0.3 is 6.18 Å². The molecule has 4 aliphatic carbocycles. The molecule has 33 heavy (non-hydrogen) atoms. The number of alkyl halides is 3. The van der Waals surface area contributed by atoms with E-state index < -0.39 is 11.7 Å². The molecule has 6 nitrogen and oxygen atoms in total. The highest BCUT2D eigenvalue weighted by Gasteiger charge is 2.54. The smallest absolute Gasteiger partial charge is 0.368 e. The van der Waals surface area contributed by atoms with Gasteiger partial charge in [0.2, 0.25) is 5.95 Å². The summed E-state index contributed by atoms with van der Waals surface area (Å²) in [5.41, 5.74) is 6.36. The topological polar surface area (TPSA) is 99.6 Å². The molecule has 0 spiro atoms. The quantitative estimate of drug-likeness (QED) is 0.590. The Bertz CT molecular complexity index is 1060. The van der Waals surface area contributed by atoms with E-state index in [4.69, 9.17) is 5.73 Å². The Labute approximate surface area is 190 Å². The summed E-state index contributed by atoms with van der Waals surface area (Å²) in [4.78, 5) is 8.54. The van der Waals surface area contributed by atoms with Crippen LogP contribution in [0.1, 0.15) is 48.8 Å². The maximum atomic E-state index is 13.3. The number of halogens is 3. The van der Waals surface area contributed by atoms with Gasteiger partial charge in [0.15, 0.2) is 0 Å². The molecule has 4 N–H and O–H groups in total. The zero-order valence-corrected chi connectivity index (χ0v) is 18.2. The lowest BCUT2D eigenvalue weighted by Gasteiger charge is -2.59. The van der Waals surface area contributed by atoms with Crippen LogP contribution in [0.5, 0.6) is 0 Å². The first-order valence-corrected chi connectivity index (χ1v) is 11.4. The van der Waals surface area contributed by atoms with E-state index in [2.05, 4.69) is 26.7 Å². The fraction of sp³-hybridized carbons (Fsp3) is 0.542. The number of nitrogens with two attached hydrogens (primary N) is 1. The van der Waals surface area contributed by atoms with Crippen LogP contribution in [0.25, 0.3) is 0 Å². The summed E-state index contributed by atoms with van der Waals surface area (Å²) in [6, 6.07) is 7.83. The van der Waals surface area contributed by atoms with Crippen molar-refractivity contribution in [1.29, 1.82) is 5.26 Å². The number of rotatable bonds is 6. The van der Waals surface area contributed by atoms with Crippen LogP contribution in [0.3, 0.4) is 0 Å². The number of benzene rings is 1. The maximum Gasteiger partial charge on any atom is 0.416 e. The Balaban J connectivity index is 1.30. The van der Waals surface area contributed by atoms with Gasteiger partial charge < -0.3 is 16.4 Å². The van der Waals surface area contributed by atoms with Crippen molar-refractivity contribution in [2.45, 2.75) is 50.9 Å². The Morgan fingerprint density at radius 3 is 2.55 bits per heavy atom. The first kappa shape index (κ1) is 22.0. The molecular weight excluding hydrogens is 429 g/mol. The van der Waals surface area contributed by atoms with Gasteiger partial charge in [-0.15, -0.1) is 0 Å². The second-order valence-electron chi connectivity index (χ2n) is 9.98. The van der Waals surface area contributed by atoms with Crippen molar-refractivity contribution in [3.63, 3.8) is 0 Å². The molecule has 4 fully saturated rings. The van der Waals surface area contributed by atoms with Gasteiger partial charge in [-0.3, -0.25) is 0 Å². The number of anilines is 2. The van der Waals surface area contributed by atoms with Gasteiger partial charge in [0.1, 0.15) is 17.5 Å². The Morgan fingerprint density at radius 2 is 1.85 bits per heavy atom. The minimum Gasteiger partial charge on any atom is -0.368 e. The van der Waals surface area contributed by atoms with E-state index in [9.17, 15) is 18.4 Å². The second-order valence-corrected chi connectivity index (χ2v) is 9.98. The minimum atomic E-state index is -4.43. The molecule has 174 valence electrons. The van der Waals surface area contributed by atoms with Gasteiger partial charge in [-0.05, 0) is 66.9 Å². The van der Waals surface area contributed by atoms with Gasteiger partial charge in [-0.2, -0.15) is 23.4 Å². The van der Waals surface area contributed by atoms with Crippen LogP contribution < -0.4 is 16.4 Å². The van der Waals surface area contributed by atoms with Crippen LogP contribution in [-0.2, 0) is 12.7 Å². The van der Waals surface area contributed by atoms with E-state index in [0.29, 0.717) is 35.8 Å². The van der Waals surface area contributed by atoms with Crippen LogP contribution in [0, 0.1) is 34.5 Å². The van der Waals surface area contributed by atoms with Crippen LogP contribution in [0.4, 0.5) is 24.9 Å². The van der Waals surface area contributed by atoms with E-state index in [0.717, 1.165) is 24.8 Å². The number of nitrogens with one attached hydrogen (secondary N) is 2. The highest BCUT2D eigenvalue weighted by Crippen LogP contribution is 2.59. The van der Waals surface area contributed by atoms with Gasteiger partial charge in [0.05, 0.1) is 11.8 Å². The molecule has 0 saturated heterocycles. The lowest BCUT2D eigenvalue weighted by Crippen LogP contribution is -2.58. The summed E-state index contributed by atoms with van der Waals surface area (Å²) in [6.45, 7) is 0.638. The van der Waals surface area contributed by atoms with Crippen molar-refractivity contribution >= 4 is 11.8 Å². The number of nitriles is 1. The van der Waals surface area contributed by atoms with Crippen LogP contribution in [-0.4, -0.2) is 22.6 Å². The van der Waals surface area contributed by atoms with Crippen molar-refractivity contribution in [3.8, 4) is 6.07 Å². The predicted molar refractivity (Wildman–Crippen MR) is 118 cm³/mol. The molecule has 1 heterocycles. The summed E-state index contributed by atoms with van der Waals surface area (Å²) in [5, 5.41) is 15.8. The molecule has 2 aromatic rings. The Kier molecular flexibility index (Phi) is 5.44. The van der Waals surface area contributed by atoms with E-state index in [-0.39, 0.29) is 23.5 Å². The summed E-state index contributed by atoms with van der Waals surface area (Å²) >= 11 is 0. The lowest BCUT2D eigenvalue weighted by atomic mass is 9.48. The first-order chi connectivity index (χ1) is 15.8. The van der Waals surface area contributed by atoms with Crippen molar-refractivity contribution in [1.82, 2.24) is 9.97 Å². The van der Waals surface area contributed by atoms with E-state index in [1.807, 2.05) is 0 Å². The molecule has 4 aliphatic rings. The SMILES string of the molecule is N#Cc1cnc(NCc2ccccc2C(F)(F)F)nc1NCC12CC3C[C@H](C1)C(N)[C@@H](C3)C2.